The second kappa shape index (κ2) is 23.1. The summed E-state index contributed by atoms with van der Waals surface area (Å²) in [6.45, 7) is 0.203. The number of carbonyl (C=O) groups excluding carboxylic acids is 3. The summed E-state index contributed by atoms with van der Waals surface area (Å²) in [5.41, 5.74) is 5.53. The van der Waals surface area contributed by atoms with Gasteiger partial charge in [-0.25, -0.2) is 4.79 Å². The molecule has 1 aliphatic heterocycles. The Morgan fingerprint density at radius 1 is 0.821 bits per heavy atom. The number of fused-ring (bicyclic) bond motifs is 1. The van der Waals surface area contributed by atoms with Crippen molar-refractivity contribution in [3.8, 4) is 0 Å². The molecular formula is C51H70N6O9S. The van der Waals surface area contributed by atoms with Crippen molar-refractivity contribution in [2.45, 2.75) is 145 Å². The predicted molar refractivity (Wildman–Crippen MR) is 255 cm³/mol. The molecule has 16 heteroatoms. The van der Waals surface area contributed by atoms with Crippen LogP contribution < -0.4 is 26.6 Å². The van der Waals surface area contributed by atoms with Crippen molar-refractivity contribution < 1.29 is 44.0 Å². The van der Waals surface area contributed by atoms with Crippen molar-refractivity contribution in [2.75, 3.05) is 26.5 Å². The predicted octanol–water partition coefficient (Wildman–Crippen LogP) is 5.39. The van der Waals surface area contributed by atoms with E-state index in [9.17, 15) is 34.5 Å². The highest BCUT2D eigenvalue weighted by atomic mass is 32.2. The highest BCUT2D eigenvalue weighted by Gasteiger charge is 2.58. The number of nitrogens with zero attached hydrogens (tertiary/aromatic N) is 1. The molecule has 7 rings (SSSR count). The van der Waals surface area contributed by atoms with E-state index in [1.165, 1.54) is 22.9 Å². The summed E-state index contributed by atoms with van der Waals surface area (Å²) >= 11 is 1.47. The average molecular weight is 943 g/mol. The lowest BCUT2D eigenvalue weighted by molar-refractivity contribution is -0.151. The fourth-order valence-corrected chi connectivity index (χ4v) is 13.8. The summed E-state index contributed by atoms with van der Waals surface area (Å²) < 4.78 is 6.86. The van der Waals surface area contributed by atoms with Gasteiger partial charge in [0.1, 0.15) is 23.8 Å². The van der Waals surface area contributed by atoms with E-state index in [0.717, 1.165) is 113 Å². The zero-order chi connectivity index (χ0) is 47.6. The normalized spacial score (nSPS) is 23.9. The van der Waals surface area contributed by atoms with E-state index in [0.29, 0.717) is 12.2 Å². The molecule has 0 bridgehead atoms. The molecule has 1 aromatic carbocycles. The van der Waals surface area contributed by atoms with E-state index in [4.69, 9.17) is 4.74 Å². The number of benzene rings is 1. The molecule has 7 unspecified atom stereocenters. The van der Waals surface area contributed by atoms with Crippen molar-refractivity contribution in [2.24, 2.45) is 22.7 Å². The molecule has 2 heterocycles. The lowest BCUT2D eigenvalue weighted by Gasteiger charge is -2.47. The molecule has 1 aromatic heterocycles. The van der Waals surface area contributed by atoms with Gasteiger partial charge in [0.15, 0.2) is 0 Å². The summed E-state index contributed by atoms with van der Waals surface area (Å²) in [5, 5.41) is 43.4. The van der Waals surface area contributed by atoms with Gasteiger partial charge >= 0.3 is 17.9 Å². The van der Waals surface area contributed by atoms with Crippen LogP contribution in [0.3, 0.4) is 0 Å². The molecule has 364 valence electrons. The minimum atomic E-state index is -2.21. The second-order valence-corrected chi connectivity index (χ2v) is 20.6. The molecule has 5 aliphatic rings. The number of aliphatic hydroxyl groups excluding tert-OH is 1. The number of carboxylic acids is 2. The van der Waals surface area contributed by atoms with Crippen LogP contribution in [0.15, 0.2) is 77.3 Å². The Kier molecular flexibility index (Phi) is 17.4. The van der Waals surface area contributed by atoms with Crippen LogP contribution in [0.5, 0.6) is 0 Å². The van der Waals surface area contributed by atoms with E-state index in [1.807, 2.05) is 25.5 Å². The highest BCUT2D eigenvalue weighted by Crippen LogP contribution is 2.63. The number of ether oxygens (including phenoxy) is 1. The quantitative estimate of drug-likeness (QED) is 0.0446. The van der Waals surface area contributed by atoms with Gasteiger partial charge in [-0.05, 0) is 136 Å². The molecule has 2 spiro atoms. The number of esters is 1. The number of nitrogens with one attached hydrogen (secondary N) is 5. The van der Waals surface area contributed by atoms with E-state index >= 15 is 4.79 Å². The van der Waals surface area contributed by atoms with Crippen molar-refractivity contribution in [1.29, 1.82) is 0 Å². The van der Waals surface area contributed by atoms with Gasteiger partial charge < -0.3 is 41.3 Å². The van der Waals surface area contributed by atoms with Crippen LogP contribution in [0.1, 0.15) is 114 Å². The number of carboxylic acid groups (broad SMARTS) is 2. The Morgan fingerprint density at radius 3 is 2.06 bits per heavy atom. The number of hydrogen-bond acceptors (Lipinski definition) is 12. The molecule has 2 amide bonds. The molecule has 0 saturated heterocycles. The molecule has 67 heavy (non-hydrogen) atoms. The van der Waals surface area contributed by atoms with Crippen LogP contribution in [-0.2, 0) is 41.6 Å². The summed E-state index contributed by atoms with van der Waals surface area (Å²) in [7, 11) is 3.64. The topological polar surface area (TPSA) is 228 Å². The molecule has 15 nitrogen and oxygen atoms in total. The minimum Gasteiger partial charge on any atom is -0.480 e. The Labute approximate surface area is 398 Å². The largest absolute Gasteiger partial charge is 0.480 e. The minimum absolute atomic E-state index is 0.0162. The number of allylic oxidation sites excluding steroid dienone is 1. The highest BCUT2D eigenvalue weighted by molar-refractivity contribution is 8.00. The summed E-state index contributed by atoms with van der Waals surface area (Å²) in [6.07, 6.45) is 16.5. The first-order valence-corrected chi connectivity index (χ1v) is 25.4. The van der Waals surface area contributed by atoms with Gasteiger partial charge in [0.25, 0.3) is 0 Å². The number of aliphatic carboxylic acids is 2. The second-order valence-electron chi connectivity index (χ2n) is 19.5. The van der Waals surface area contributed by atoms with Crippen molar-refractivity contribution in [3.05, 3.63) is 88.5 Å². The Balaban J connectivity index is 1.32. The van der Waals surface area contributed by atoms with Crippen molar-refractivity contribution in [3.63, 3.8) is 0 Å². The van der Waals surface area contributed by atoms with Gasteiger partial charge in [0.2, 0.25) is 18.0 Å². The number of aromatic nitrogens is 1. The smallest absolute Gasteiger partial charge is 0.353 e. The molecule has 2 aromatic rings. The molecule has 0 radical (unpaired) electrons. The van der Waals surface area contributed by atoms with Crippen LogP contribution in [0.25, 0.3) is 0 Å². The van der Waals surface area contributed by atoms with Gasteiger partial charge in [-0.2, -0.15) is 0 Å². The number of thioether (sulfide) groups is 1. The van der Waals surface area contributed by atoms with Crippen LogP contribution >= 0.6 is 11.8 Å². The molecule has 2 saturated carbocycles. The molecular weight excluding hydrogens is 873 g/mol. The third-order valence-electron chi connectivity index (χ3n) is 15.5. The number of amides is 2. The van der Waals surface area contributed by atoms with E-state index in [1.54, 1.807) is 7.05 Å². The van der Waals surface area contributed by atoms with E-state index < -0.39 is 48.0 Å². The van der Waals surface area contributed by atoms with E-state index in [-0.39, 0.29) is 59.3 Å². The zero-order valence-electron chi connectivity index (χ0n) is 39.0. The first-order valence-electron chi connectivity index (χ1n) is 24.4. The lowest BCUT2D eigenvalue weighted by Crippen LogP contribution is -2.53. The number of hydrogen-bond donors (Lipinski definition) is 8. The molecule has 4 aliphatic carbocycles. The van der Waals surface area contributed by atoms with Gasteiger partial charge in [0.05, 0.1) is 5.25 Å². The number of pyridine rings is 1. The zero-order valence-corrected chi connectivity index (χ0v) is 39.8. The maximum Gasteiger partial charge on any atom is 0.353 e. The van der Waals surface area contributed by atoms with Gasteiger partial charge in [-0.3, -0.25) is 29.5 Å². The first-order chi connectivity index (χ1) is 32.4. The Morgan fingerprint density at radius 2 is 1.46 bits per heavy atom. The van der Waals surface area contributed by atoms with Crippen molar-refractivity contribution in [1.82, 2.24) is 31.6 Å². The van der Waals surface area contributed by atoms with Crippen LogP contribution in [0.2, 0.25) is 0 Å². The third kappa shape index (κ3) is 11.8. The van der Waals surface area contributed by atoms with E-state index in [2.05, 4.69) is 68.0 Å². The van der Waals surface area contributed by atoms with Crippen LogP contribution in [0.4, 0.5) is 0 Å². The fourth-order valence-electron chi connectivity index (χ4n) is 12.2. The number of likely N-dealkylation sites (N-methyl/N-ethyl adjacent to an activating group) is 1. The molecule has 8 N–H and O–H groups in total. The number of aryl methyl sites for hydroxylation is 1. The Bertz CT molecular complexity index is 2120. The van der Waals surface area contributed by atoms with Gasteiger partial charge in [0, 0.05) is 37.3 Å². The summed E-state index contributed by atoms with van der Waals surface area (Å²) in [5.74, 6) is -4.40. The maximum absolute atomic E-state index is 15.2. The Hall–Kier alpha value is -4.61. The number of carbonyl (C=O) groups is 5. The van der Waals surface area contributed by atoms with Gasteiger partial charge in [-0.1, -0.05) is 74.4 Å². The average Bonchev–Trinajstić information content (AvgIpc) is 4.09. The van der Waals surface area contributed by atoms with Crippen LogP contribution in [-0.4, -0.2) is 106 Å². The first kappa shape index (κ1) is 50.3. The van der Waals surface area contributed by atoms with Crippen molar-refractivity contribution >= 4 is 41.5 Å². The lowest BCUT2D eigenvalue weighted by atomic mass is 9.57. The van der Waals surface area contributed by atoms with Gasteiger partial charge in [-0.15, -0.1) is 11.8 Å². The number of rotatable bonds is 21. The third-order valence-corrected chi connectivity index (χ3v) is 17.0. The molecule has 2 fully saturated rings. The molecule has 7 atom stereocenters. The maximum atomic E-state index is 15.2. The fraction of sp³-hybridized carbons (Fsp3) is 0.608. The van der Waals surface area contributed by atoms with Crippen LogP contribution in [0, 0.1) is 22.7 Å². The SMILES string of the molecule is CNCNC(CCC(=O)NC(CSC1C2=C3C(C(=O)O2)C(C(CCc2ccccc2)NC)=C(Cc2ccncc2)CC3C2(CCCC2)CCCCC12CCCC2)C(=O)NC(O)C(=O)O)C(=O)O. The monoisotopic (exact) mass is 942 g/mol. The summed E-state index contributed by atoms with van der Waals surface area (Å²) in [6, 6.07) is 12.1. The number of aliphatic hydroxyl groups is 1. The summed E-state index contributed by atoms with van der Waals surface area (Å²) in [4.78, 5) is 70.7. The standard InChI is InChI=1S/C51H70N6O9S/c1-52-31-55-37(47(61)62)16-17-39(58)56-38(45(59)57-46(60)48(63)64)30-67-44-43-41-35(50(20-6-7-21-50)22-8-9-23-51(44)24-10-11-25-51)29-34(28-33-18-26-54-27-19-33)40(42(41)49(65)66-43)36(53-2)15-14-32-12-4-3-5-13-32/h3-5,12-13,18-19,26-27,35-38,42,44,46,52-53,55,60H,6-11,14-17,20-25,28-31H2,1-2H3,(H,56,58)(H,57,59)(H,61,62)(H,63,64).